The number of nitrogens with zero attached hydrogens (tertiary/aromatic N) is 2. The van der Waals surface area contributed by atoms with Crippen molar-refractivity contribution in [3.63, 3.8) is 0 Å². The van der Waals surface area contributed by atoms with Gasteiger partial charge in [0.05, 0.1) is 6.61 Å². The summed E-state index contributed by atoms with van der Waals surface area (Å²) in [7, 11) is 4.26. The molecule has 0 aliphatic carbocycles. The van der Waals surface area contributed by atoms with Gasteiger partial charge in [0.1, 0.15) is 0 Å². The molecule has 0 saturated heterocycles. The molecule has 0 heterocycles. The third-order valence-electron chi connectivity index (χ3n) is 2.59. The Morgan fingerprint density at radius 1 is 1.06 bits per heavy atom. The molecule has 0 radical (unpaired) electrons. The van der Waals surface area contributed by atoms with Crippen molar-refractivity contribution in [3.05, 3.63) is 0 Å². The van der Waals surface area contributed by atoms with E-state index in [0.29, 0.717) is 6.61 Å². The van der Waals surface area contributed by atoms with Gasteiger partial charge in [-0.3, -0.25) is 0 Å². The zero-order valence-electron chi connectivity index (χ0n) is 11.0. The van der Waals surface area contributed by atoms with Crippen LogP contribution in [0.3, 0.4) is 0 Å². The molecule has 0 atom stereocenters. The smallest absolute Gasteiger partial charge is 0.0806 e. The second-order valence-electron chi connectivity index (χ2n) is 4.18. The minimum Gasteiger partial charge on any atom is -0.316 e. The maximum Gasteiger partial charge on any atom is 0.0806 e. The Morgan fingerprint density at radius 2 is 1.69 bits per heavy atom. The molecule has 0 aliphatic rings. The molecule has 0 aromatic carbocycles. The maximum atomic E-state index is 4.98. The predicted molar refractivity (Wildman–Crippen MR) is 68.3 cm³/mol. The van der Waals surface area contributed by atoms with Gasteiger partial charge >= 0.3 is 0 Å². The molecule has 0 bridgehead atoms. The molecule has 16 heavy (non-hydrogen) atoms. The molecule has 0 aromatic heterocycles. The fraction of sp³-hybridized carbons (Fsp3) is 1.00. The number of likely N-dealkylation sites (N-methyl/N-ethyl adjacent to an activating group) is 3. The number of nitrogens with one attached hydrogen (secondary N) is 1. The van der Waals surface area contributed by atoms with Crippen molar-refractivity contribution in [1.29, 1.82) is 0 Å². The summed E-state index contributed by atoms with van der Waals surface area (Å²) in [5.41, 5.74) is 0. The molecule has 0 amide bonds. The van der Waals surface area contributed by atoms with Crippen molar-refractivity contribution in [2.45, 2.75) is 13.3 Å². The highest BCUT2D eigenvalue weighted by Gasteiger charge is 2.00. The summed E-state index contributed by atoms with van der Waals surface area (Å²) in [6, 6.07) is 0. The summed E-state index contributed by atoms with van der Waals surface area (Å²) in [6.07, 6.45) is 1.18. The lowest BCUT2D eigenvalue weighted by Gasteiger charge is -2.20. The average Bonchev–Trinajstić information content (AvgIpc) is 2.26. The van der Waals surface area contributed by atoms with Crippen LogP contribution in [0.1, 0.15) is 13.3 Å². The molecule has 0 saturated carbocycles. The van der Waals surface area contributed by atoms with Crippen LogP contribution in [0.4, 0.5) is 0 Å². The largest absolute Gasteiger partial charge is 0.316 e. The number of rotatable bonds is 11. The van der Waals surface area contributed by atoms with Crippen LogP contribution >= 0.6 is 0 Å². The molecular weight excluding hydrogens is 204 g/mol. The van der Waals surface area contributed by atoms with Gasteiger partial charge in [-0.1, -0.05) is 6.92 Å². The molecular formula is C11H28N4O. The zero-order valence-corrected chi connectivity index (χ0v) is 11.0. The summed E-state index contributed by atoms with van der Waals surface area (Å²) >= 11 is 0. The highest BCUT2D eigenvalue weighted by Crippen LogP contribution is 1.90. The molecule has 0 fully saturated rings. The lowest BCUT2D eigenvalue weighted by molar-refractivity contribution is 0.112. The van der Waals surface area contributed by atoms with Crippen LogP contribution in [-0.2, 0) is 4.84 Å². The summed E-state index contributed by atoms with van der Waals surface area (Å²) in [4.78, 5) is 9.14. The minimum atomic E-state index is 0.604. The first-order valence-electron chi connectivity index (χ1n) is 6.10. The lowest BCUT2D eigenvalue weighted by atomic mass is 10.3. The highest BCUT2D eigenvalue weighted by atomic mass is 16.6. The minimum absolute atomic E-state index is 0.604. The Morgan fingerprint density at radius 3 is 2.25 bits per heavy atom. The summed E-state index contributed by atoms with van der Waals surface area (Å²) < 4.78 is 0. The Labute approximate surface area is 99.9 Å². The number of hydrogen-bond donors (Lipinski definition) is 2. The van der Waals surface area contributed by atoms with E-state index in [9.17, 15) is 0 Å². The van der Waals surface area contributed by atoms with E-state index in [1.807, 2.05) is 0 Å². The quantitative estimate of drug-likeness (QED) is 0.380. The molecule has 98 valence electrons. The van der Waals surface area contributed by atoms with Gasteiger partial charge in [0.2, 0.25) is 0 Å². The number of hydrogen-bond acceptors (Lipinski definition) is 5. The van der Waals surface area contributed by atoms with Crippen molar-refractivity contribution in [2.24, 2.45) is 5.90 Å². The van der Waals surface area contributed by atoms with Gasteiger partial charge in [-0.05, 0) is 40.2 Å². The van der Waals surface area contributed by atoms with Crippen molar-refractivity contribution >= 4 is 0 Å². The van der Waals surface area contributed by atoms with Gasteiger partial charge in [0.25, 0.3) is 0 Å². The molecule has 0 unspecified atom stereocenters. The Hall–Kier alpha value is -0.200. The predicted octanol–water partition coefficient (Wildman–Crippen LogP) is -0.260. The summed E-state index contributed by atoms with van der Waals surface area (Å²) in [5.74, 6) is 4.98. The Bertz CT molecular complexity index is 146. The second kappa shape index (κ2) is 11.3. The van der Waals surface area contributed by atoms with E-state index >= 15 is 0 Å². The molecule has 5 heteroatoms. The molecule has 5 nitrogen and oxygen atoms in total. The van der Waals surface area contributed by atoms with Crippen LogP contribution in [0.15, 0.2) is 0 Å². The zero-order chi connectivity index (χ0) is 12.2. The monoisotopic (exact) mass is 232 g/mol. The van der Waals surface area contributed by atoms with Crippen molar-refractivity contribution in [1.82, 2.24) is 15.1 Å². The van der Waals surface area contributed by atoms with Crippen LogP contribution in [0.2, 0.25) is 0 Å². The Kier molecular flexibility index (Phi) is 11.1. The highest BCUT2D eigenvalue weighted by molar-refractivity contribution is 4.57. The second-order valence-corrected chi connectivity index (χ2v) is 4.18. The van der Waals surface area contributed by atoms with Gasteiger partial charge in [-0.15, -0.1) is 0 Å². The van der Waals surface area contributed by atoms with Crippen molar-refractivity contribution in [3.8, 4) is 0 Å². The molecule has 3 N–H and O–H groups in total. The van der Waals surface area contributed by atoms with Gasteiger partial charge < -0.3 is 20.0 Å². The average molecular weight is 232 g/mol. The van der Waals surface area contributed by atoms with E-state index in [1.165, 1.54) is 6.42 Å². The summed E-state index contributed by atoms with van der Waals surface area (Å²) in [5, 5.41) is 3.32. The van der Waals surface area contributed by atoms with E-state index in [2.05, 4.69) is 41.0 Å². The van der Waals surface area contributed by atoms with E-state index in [4.69, 9.17) is 5.90 Å². The molecule has 0 aliphatic heterocycles. The lowest BCUT2D eigenvalue weighted by Crippen LogP contribution is -2.32. The van der Waals surface area contributed by atoms with Crippen molar-refractivity contribution < 1.29 is 4.84 Å². The fourth-order valence-electron chi connectivity index (χ4n) is 1.49. The van der Waals surface area contributed by atoms with E-state index in [0.717, 1.165) is 39.3 Å². The SMILES string of the molecule is CCNCCN(C)CCCN(C)CCON. The van der Waals surface area contributed by atoms with Crippen LogP contribution in [0.5, 0.6) is 0 Å². The van der Waals surface area contributed by atoms with Crippen LogP contribution in [0.25, 0.3) is 0 Å². The molecule has 0 rings (SSSR count). The van der Waals surface area contributed by atoms with E-state index in [1.54, 1.807) is 0 Å². The van der Waals surface area contributed by atoms with Crippen LogP contribution < -0.4 is 11.2 Å². The van der Waals surface area contributed by atoms with Gasteiger partial charge in [-0.25, -0.2) is 5.90 Å². The normalized spacial score (nSPS) is 11.6. The molecule has 0 aromatic rings. The van der Waals surface area contributed by atoms with Gasteiger partial charge in [0, 0.05) is 19.6 Å². The number of nitrogens with two attached hydrogens (primary N) is 1. The third kappa shape index (κ3) is 10.3. The first kappa shape index (κ1) is 15.8. The topological polar surface area (TPSA) is 53.8 Å². The van der Waals surface area contributed by atoms with E-state index < -0.39 is 0 Å². The third-order valence-corrected chi connectivity index (χ3v) is 2.59. The maximum absolute atomic E-state index is 4.98. The van der Waals surface area contributed by atoms with Gasteiger partial charge in [0.15, 0.2) is 0 Å². The Balaban J connectivity index is 3.28. The summed E-state index contributed by atoms with van der Waals surface area (Å²) in [6.45, 7) is 9.11. The van der Waals surface area contributed by atoms with Crippen LogP contribution in [0, 0.1) is 0 Å². The fourth-order valence-corrected chi connectivity index (χ4v) is 1.49. The standard InChI is InChI=1S/C11H28N4O/c1-4-13-6-9-14(2)7-5-8-15(3)10-11-16-12/h13H,4-12H2,1-3H3. The molecule has 0 spiro atoms. The van der Waals surface area contributed by atoms with Gasteiger partial charge in [-0.2, -0.15) is 0 Å². The van der Waals surface area contributed by atoms with Crippen LogP contribution in [-0.4, -0.2) is 69.8 Å². The van der Waals surface area contributed by atoms with Crippen molar-refractivity contribution in [2.75, 3.05) is 60.0 Å². The van der Waals surface area contributed by atoms with E-state index in [-0.39, 0.29) is 0 Å². The first-order chi connectivity index (χ1) is 7.70. The first-order valence-corrected chi connectivity index (χ1v) is 6.10.